The molecule has 0 bridgehead atoms. The highest BCUT2D eigenvalue weighted by molar-refractivity contribution is 5.79. The zero-order valence-electron chi connectivity index (χ0n) is 15.3. The second-order valence-electron chi connectivity index (χ2n) is 6.47. The van der Waals surface area contributed by atoms with Crippen molar-refractivity contribution in [1.29, 1.82) is 0 Å². The monoisotopic (exact) mass is 356 g/mol. The van der Waals surface area contributed by atoms with E-state index in [-0.39, 0.29) is 11.2 Å². The molecule has 3 rings (SSSR count). The van der Waals surface area contributed by atoms with Gasteiger partial charge in [-0.3, -0.25) is 4.99 Å². The number of hydrogen-bond donors (Lipinski definition) is 2. The SMILES string of the molecule is CCOc1cc(CNC(=NC)NCC2(c3ccccc3F)CC2)ccn1. The molecule has 1 aromatic carbocycles. The summed E-state index contributed by atoms with van der Waals surface area (Å²) in [7, 11) is 1.73. The molecule has 1 aromatic heterocycles. The van der Waals surface area contributed by atoms with E-state index < -0.39 is 0 Å². The van der Waals surface area contributed by atoms with Gasteiger partial charge in [0.25, 0.3) is 0 Å². The maximum absolute atomic E-state index is 14.1. The van der Waals surface area contributed by atoms with E-state index in [1.807, 2.05) is 31.2 Å². The molecule has 5 nitrogen and oxygen atoms in total. The van der Waals surface area contributed by atoms with Gasteiger partial charge in [0, 0.05) is 37.8 Å². The molecule has 2 N–H and O–H groups in total. The van der Waals surface area contributed by atoms with Gasteiger partial charge in [-0.05, 0) is 43.0 Å². The molecule has 1 saturated carbocycles. The summed E-state index contributed by atoms with van der Waals surface area (Å²) in [6, 6.07) is 10.9. The van der Waals surface area contributed by atoms with Crippen molar-refractivity contribution in [3.05, 3.63) is 59.5 Å². The molecular weight excluding hydrogens is 331 g/mol. The molecule has 26 heavy (non-hydrogen) atoms. The topological polar surface area (TPSA) is 58.5 Å². The van der Waals surface area contributed by atoms with Crippen molar-refractivity contribution in [1.82, 2.24) is 15.6 Å². The van der Waals surface area contributed by atoms with Crippen LogP contribution < -0.4 is 15.4 Å². The Morgan fingerprint density at radius 3 is 2.77 bits per heavy atom. The third-order valence-electron chi connectivity index (χ3n) is 4.67. The minimum atomic E-state index is -0.130. The lowest BCUT2D eigenvalue weighted by molar-refractivity contribution is 0.326. The third kappa shape index (κ3) is 4.31. The number of ether oxygens (including phenoxy) is 1. The molecular formula is C20H25FN4O. The summed E-state index contributed by atoms with van der Waals surface area (Å²) in [5, 5.41) is 6.62. The first kappa shape index (κ1) is 18.2. The second kappa shape index (κ2) is 8.17. The van der Waals surface area contributed by atoms with E-state index in [0.29, 0.717) is 31.5 Å². The smallest absolute Gasteiger partial charge is 0.213 e. The van der Waals surface area contributed by atoms with Crippen LogP contribution in [0.4, 0.5) is 4.39 Å². The summed E-state index contributed by atoms with van der Waals surface area (Å²) >= 11 is 0. The van der Waals surface area contributed by atoms with Gasteiger partial charge in [-0.15, -0.1) is 0 Å². The molecule has 138 valence electrons. The normalized spacial score (nSPS) is 15.4. The minimum absolute atomic E-state index is 0.123. The van der Waals surface area contributed by atoms with E-state index in [1.165, 1.54) is 6.07 Å². The van der Waals surface area contributed by atoms with Crippen LogP contribution in [0.15, 0.2) is 47.6 Å². The van der Waals surface area contributed by atoms with Crippen LogP contribution in [-0.4, -0.2) is 31.1 Å². The molecule has 0 radical (unpaired) electrons. The number of nitrogens with zero attached hydrogens (tertiary/aromatic N) is 2. The third-order valence-corrected chi connectivity index (χ3v) is 4.67. The number of aromatic nitrogens is 1. The fourth-order valence-corrected chi connectivity index (χ4v) is 3.03. The minimum Gasteiger partial charge on any atom is -0.478 e. The van der Waals surface area contributed by atoms with Gasteiger partial charge < -0.3 is 15.4 Å². The first-order valence-corrected chi connectivity index (χ1v) is 8.94. The molecule has 0 amide bonds. The van der Waals surface area contributed by atoms with Gasteiger partial charge in [0.15, 0.2) is 5.96 Å². The number of benzene rings is 1. The Balaban J connectivity index is 1.56. The highest BCUT2D eigenvalue weighted by Gasteiger charge is 2.45. The van der Waals surface area contributed by atoms with Gasteiger partial charge in [0.05, 0.1) is 6.61 Å². The first-order valence-electron chi connectivity index (χ1n) is 8.94. The average Bonchev–Trinajstić information content (AvgIpc) is 3.44. The van der Waals surface area contributed by atoms with E-state index >= 15 is 0 Å². The summed E-state index contributed by atoms with van der Waals surface area (Å²) < 4.78 is 19.5. The largest absolute Gasteiger partial charge is 0.478 e. The van der Waals surface area contributed by atoms with Crippen LogP contribution in [0.3, 0.4) is 0 Å². The Labute approximate surface area is 153 Å². The molecule has 6 heteroatoms. The number of aliphatic imine (C=N–C) groups is 1. The summed E-state index contributed by atoms with van der Waals surface area (Å²) in [5.74, 6) is 1.18. The summed E-state index contributed by atoms with van der Waals surface area (Å²) in [6.45, 7) is 3.79. The van der Waals surface area contributed by atoms with Gasteiger partial charge >= 0.3 is 0 Å². The predicted octanol–water partition coefficient (Wildman–Crippen LogP) is 3.02. The Kier molecular flexibility index (Phi) is 5.71. The van der Waals surface area contributed by atoms with E-state index in [9.17, 15) is 4.39 Å². The van der Waals surface area contributed by atoms with Crippen molar-refractivity contribution in [3.63, 3.8) is 0 Å². The molecule has 1 fully saturated rings. The zero-order chi connectivity index (χ0) is 18.4. The van der Waals surface area contributed by atoms with Gasteiger partial charge in [0.1, 0.15) is 5.82 Å². The van der Waals surface area contributed by atoms with Crippen molar-refractivity contribution in [2.75, 3.05) is 20.2 Å². The molecule has 0 spiro atoms. The van der Waals surface area contributed by atoms with Crippen molar-refractivity contribution < 1.29 is 9.13 Å². The van der Waals surface area contributed by atoms with Crippen molar-refractivity contribution in [2.24, 2.45) is 4.99 Å². The Bertz CT molecular complexity index is 774. The summed E-state index contributed by atoms with van der Waals surface area (Å²) in [5.41, 5.74) is 1.72. The van der Waals surface area contributed by atoms with E-state index in [2.05, 4.69) is 20.6 Å². The fourth-order valence-electron chi connectivity index (χ4n) is 3.03. The van der Waals surface area contributed by atoms with Crippen molar-refractivity contribution in [3.8, 4) is 5.88 Å². The Morgan fingerprint density at radius 1 is 1.27 bits per heavy atom. The number of pyridine rings is 1. The van der Waals surface area contributed by atoms with Crippen LogP contribution >= 0.6 is 0 Å². The molecule has 0 atom stereocenters. The summed E-state index contributed by atoms with van der Waals surface area (Å²) in [4.78, 5) is 8.43. The maximum Gasteiger partial charge on any atom is 0.213 e. The Morgan fingerprint density at radius 2 is 2.08 bits per heavy atom. The fraction of sp³-hybridized carbons (Fsp3) is 0.400. The highest BCUT2D eigenvalue weighted by Crippen LogP contribution is 2.48. The lowest BCUT2D eigenvalue weighted by atomic mass is 9.95. The van der Waals surface area contributed by atoms with E-state index in [1.54, 1.807) is 19.3 Å². The van der Waals surface area contributed by atoms with Crippen LogP contribution in [0.1, 0.15) is 30.9 Å². The number of rotatable bonds is 7. The second-order valence-corrected chi connectivity index (χ2v) is 6.47. The molecule has 1 aliphatic rings. The quantitative estimate of drug-likeness (QED) is 0.591. The van der Waals surface area contributed by atoms with Crippen molar-refractivity contribution >= 4 is 5.96 Å². The van der Waals surface area contributed by atoms with Gasteiger partial charge in [0.2, 0.25) is 5.88 Å². The first-order chi connectivity index (χ1) is 12.7. The van der Waals surface area contributed by atoms with Gasteiger partial charge in [-0.25, -0.2) is 9.37 Å². The molecule has 1 heterocycles. The van der Waals surface area contributed by atoms with E-state index in [4.69, 9.17) is 4.74 Å². The van der Waals surface area contributed by atoms with E-state index in [0.717, 1.165) is 24.0 Å². The lowest BCUT2D eigenvalue weighted by Gasteiger charge is -2.19. The maximum atomic E-state index is 14.1. The van der Waals surface area contributed by atoms with Crippen LogP contribution in [0, 0.1) is 5.82 Å². The van der Waals surface area contributed by atoms with Crippen LogP contribution in [-0.2, 0) is 12.0 Å². The van der Waals surface area contributed by atoms with Crippen molar-refractivity contribution in [2.45, 2.75) is 31.7 Å². The standard InChI is InChI=1S/C20H25FN4O/c1-3-26-18-12-15(8-11-23-18)13-24-19(22-2)25-14-20(9-10-20)16-6-4-5-7-17(16)21/h4-8,11-12H,3,9-10,13-14H2,1-2H3,(H2,22,24,25). The number of halogens is 1. The zero-order valence-corrected chi connectivity index (χ0v) is 15.3. The lowest BCUT2D eigenvalue weighted by Crippen LogP contribution is -2.41. The molecule has 2 aromatic rings. The number of nitrogens with one attached hydrogen (secondary N) is 2. The van der Waals surface area contributed by atoms with Gasteiger partial charge in [-0.1, -0.05) is 18.2 Å². The molecule has 1 aliphatic carbocycles. The molecule has 0 saturated heterocycles. The van der Waals surface area contributed by atoms with Crippen LogP contribution in [0.2, 0.25) is 0 Å². The van der Waals surface area contributed by atoms with Gasteiger partial charge in [-0.2, -0.15) is 0 Å². The average molecular weight is 356 g/mol. The molecule has 0 unspecified atom stereocenters. The predicted molar refractivity (Wildman–Crippen MR) is 101 cm³/mol. The van der Waals surface area contributed by atoms with Crippen LogP contribution in [0.5, 0.6) is 5.88 Å². The number of guanidine groups is 1. The Hall–Kier alpha value is -2.63. The van der Waals surface area contributed by atoms with Crippen LogP contribution in [0.25, 0.3) is 0 Å². The summed E-state index contributed by atoms with van der Waals surface area (Å²) in [6.07, 6.45) is 3.70. The highest BCUT2D eigenvalue weighted by atomic mass is 19.1. The molecule has 0 aliphatic heterocycles. The number of hydrogen-bond acceptors (Lipinski definition) is 3.